The Bertz CT molecular complexity index is 996. The maximum atomic E-state index is 12.2. The Morgan fingerprint density at radius 2 is 1.93 bits per heavy atom. The molecular weight excluding hydrogens is 459 g/mol. The van der Waals surface area contributed by atoms with E-state index in [-0.39, 0.29) is 5.69 Å². The van der Waals surface area contributed by atoms with Crippen LogP contribution in [-0.2, 0) is 0 Å². The van der Waals surface area contributed by atoms with Crippen molar-refractivity contribution >= 4 is 40.7 Å². The molecule has 7 nitrogen and oxygen atoms in total. The summed E-state index contributed by atoms with van der Waals surface area (Å²) in [6.07, 6.45) is 1.49. The molecule has 0 aliphatic heterocycles. The Morgan fingerprint density at radius 3 is 2.59 bits per heavy atom. The number of aromatic amines is 1. The van der Waals surface area contributed by atoms with Crippen LogP contribution in [0.1, 0.15) is 32.1 Å². The Labute approximate surface area is 169 Å². The molecule has 3 aromatic rings. The minimum absolute atomic E-state index is 0.266. The SMILES string of the molecule is Cc1cc(C(=O)NN=Cc2ccc(OC(=O)c3ccccc3I)cc2)n[nH]1. The lowest BCUT2D eigenvalue weighted by Crippen LogP contribution is -2.18. The number of benzene rings is 2. The van der Waals surface area contributed by atoms with Crippen molar-refractivity contribution in [3.63, 3.8) is 0 Å². The van der Waals surface area contributed by atoms with Crippen LogP contribution in [0.25, 0.3) is 0 Å². The molecule has 0 saturated carbocycles. The molecule has 0 aliphatic rings. The third-order valence-corrected chi connectivity index (χ3v) is 4.44. The van der Waals surface area contributed by atoms with Gasteiger partial charge >= 0.3 is 5.97 Å². The van der Waals surface area contributed by atoms with Crippen LogP contribution in [-0.4, -0.2) is 28.3 Å². The Kier molecular flexibility index (Phi) is 5.97. The molecule has 3 rings (SSSR count). The summed E-state index contributed by atoms with van der Waals surface area (Å²) >= 11 is 2.09. The molecule has 1 aromatic heterocycles. The molecule has 27 heavy (non-hydrogen) atoms. The lowest BCUT2D eigenvalue weighted by molar-refractivity contribution is 0.0733. The summed E-state index contributed by atoms with van der Waals surface area (Å²) in [5.74, 6) is -0.394. The highest BCUT2D eigenvalue weighted by Gasteiger charge is 2.11. The highest BCUT2D eigenvalue weighted by Crippen LogP contribution is 2.17. The van der Waals surface area contributed by atoms with E-state index in [1.165, 1.54) is 6.21 Å². The number of halogens is 1. The summed E-state index contributed by atoms with van der Waals surface area (Å²) < 4.78 is 6.20. The minimum atomic E-state index is -0.414. The summed E-state index contributed by atoms with van der Waals surface area (Å²) in [5, 5.41) is 10.4. The number of nitrogens with one attached hydrogen (secondary N) is 2. The van der Waals surface area contributed by atoms with E-state index in [9.17, 15) is 9.59 Å². The first kappa shape index (κ1) is 18.8. The second-order valence-corrected chi connectivity index (χ2v) is 6.74. The van der Waals surface area contributed by atoms with Gasteiger partial charge in [0, 0.05) is 9.26 Å². The van der Waals surface area contributed by atoms with Gasteiger partial charge in [0.05, 0.1) is 11.8 Å². The molecule has 2 N–H and O–H groups in total. The van der Waals surface area contributed by atoms with Gasteiger partial charge in [-0.05, 0) is 77.5 Å². The van der Waals surface area contributed by atoms with Crippen LogP contribution in [0.15, 0.2) is 59.7 Å². The van der Waals surface area contributed by atoms with Gasteiger partial charge < -0.3 is 4.74 Å². The lowest BCUT2D eigenvalue weighted by atomic mass is 10.2. The van der Waals surface area contributed by atoms with Crippen molar-refractivity contribution in [2.24, 2.45) is 5.10 Å². The molecule has 136 valence electrons. The van der Waals surface area contributed by atoms with Crippen molar-refractivity contribution in [1.29, 1.82) is 0 Å². The minimum Gasteiger partial charge on any atom is -0.423 e. The van der Waals surface area contributed by atoms with Gasteiger partial charge in [-0.1, -0.05) is 12.1 Å². The fourth-order valence-corrected chi connectivity index (χ4v) is 2.78. The number of hydrogen-bond acceptors (Lipinski definition) is 5. The van der Waals surface area contributed by atoms with Crippen molar-refractivity contribution in [2.45, 2.75) is 6.92 Å². The normalized spacial score (nSPS) is 10.7. The smallest absolute Gasteiger partial charge is 0.344 e. The van der Waals surface area contributed by atoms with Gasteiger partial charge in [0.25, 0.3) is 5.91 Å². The number of carbonyl (C=O) groups is 2. The third-order valence-electron chi connectivity index (χ3n) is 3.50. The van der Waals surface area contributed by atoms with Crippen LogP contribution in [0.3, 0.4) is 0 Å². The Hall–Kier alpha value is -3.01. The molecule has 0 atom stereocenters. The second kappa shape index (κ2) is 8.58. The molecule has 0 aliphatic carbocycles. The van der Waals surface area contributed by atoms with Crippen LogP contribution in [0.2, 0.25) is 0 Å². The molecule has 0 fully saturated rings. The van der Waals surface area contributed by atoms with E-state index in [0.29, 0.717) is 11.3 Å². The molecule has 0 spiro atoms. The topological polar surface area (TPSA) is 96.4 Å². The van der Waals surface area contributed by atoms with E-state index in [1.807, 2.05) is 12.1 Å². The van der Waals surface area contributed by atoms with Gasteiger partial charge in [-0.2, -0.15) is 10.2 Å². The number of H-pyrrole nitrogens is 1. The Morgan fingerprint density at radius 1 is 1.19 bits per heavy atom. The molecular formula is C19H15IN4O3. The molecule has 1 amide bonds. The second-order valence-electron chi connectivity index (χ2n) is 5.57. The maximum absolute atomic E-state index is 12.2. The van der Waals surface area contributed by atoms with Crippen LogP contribution >= 0.6 is 22.6 Å². The average Bonchev–Trinajstić information content (AvgIpc) is 3.10. The zero-order valence-electron chi connectivity index (χ0n) is 14.3. The van der Waals surface area contributed by atoms with E-state index in [4.69, 9.17) is 4.74 Å². The number of esters is 1. The highest BCUT2D eigenvalue weighted by molar-refractivity contribution is 14.1. The predicted octanol–water partition coefficient (Wildman–Crippen LogP) is 3.31. The molecule has 8 heteroatoms. The summed E-state index contributed by atoms with van der Waals surface area (Å²) in [7, 11) is 0. The van der Waals surface area contributed by atoms with Crippen molar-refractivity contribution in [1.82, 2.24) is 15.6 Å². The fourth-order valence-electron chi connectivity index (χ4n) is 2.17. The lowest BCUT2D eigenvalue weighted by Gasteiger charge is -2.06. The van der Waals surface area contributed by atoms with Crippen LogP contribution in [0.5, 0.6) is 5.75 Å². The van der Waals surface area contributed by atoms with E-state index < -0.39 is 11.9 Å². The number of rotatable bonds is 5. The Balaban J connectivity index is 1.58. The van der Waals surface area contributed by atoms with Crippen molar-refractivity contribution in [2.75, 3.05) is 0 Å². The molecule has 0 radical (unpaired) electrons. The molecule has 0 bridgehead atoms. The van der Waals surface area contributed by atoms with E-state index >= 15 is 0 Å². The number of carbonyl (C=O) groups excluding carboxylic acids is 2. The summed E-state index contributed by atoms with van der Waals surface area (Å²) in [5.41, 5.74) is 4.71. The summed E-state index contributed by atoms with van der Waals surface area (Å²) in [6.45, 7) is 1.81. The number of aryl methyl sites for hydroxylation is 1. The first-order valence-electron chi connectivity index (χ1n) is 7.95. The number of nitrogens with zero attached hydrogens (tertiary/aromatic N) is 2. The highest BCUT2D eigenvalue weighted by atomic mass is 127. The zero-order valence-corrected chi connectivity index (χ0v) is 16.4. The van der Waals surface area contributed by atoms with Crippen molar-refractivity contribution < 1.29 is 14.3 Å². The summed E-state index contributed by atoms with van der Waals surface area (Å²) in [6, 6.07) is 15.6. The van der Waals surface area contributed by atoms with E-state index in [1.54, 1.807) is 49.4 Å². The van der Waals surface area contributed by atoms with Gasteiger partial charge in [0.2, 0.25) is 0 Å². The number of amides is 1. The van der Waals surface area contributed by atoms with Gasteiger partial charge in [0.15, 0.2) is 5.69 Å². The van der Waals surface area contributed by atoms with Crippen molar-refractivity contribution in [3.8, 4) is 5.75 Å². The van der Waals surface area contributed by atoms with Gasteiger partial charge in [-0.3, -0.25) is 9.89 Å². The monoisotopic (exact) mass is 474 g/mol. The standard InChI is InChI=1S/C19H15IN4O3/c1-12-10-17(23-22-12)18(25)24-21-11-13-6-8-14(9-7-13)27-19(26)15-4-2-3-5-16(15)20/h2-11H,1H3,(H,22,23)(H,24,25). The first-order chi connectivity index (χ1) is 13.0. The number of aromatic nitrogens is 2. The number of hydrazone groups is 1. The van der Waals surface area contributed by atoms with Crippen LogP contribution in [0, 0.1) is 10.5 Å². The molecule has 1 heterocycles. The van der Waals surface area contributed by atoms with Crippen LogP contribution in [0.4, 0.5) is 0 Å². The number of ether oxygens (including phenoxy) is 1. The number of hydrogen-bond donors (Lipinski definition) is 2. The predicted molar refractivity (Wildman–Crippen MR) is 109 cm³/mol. The fraction of sp³-hybridized carbons (Fsp3) is 0.0526. The largest absolute Gasteiger partial charge is 0.423 e. The van der Waals surface area contributed by atoms with E-state index in [2.05, 4.69) is 43.3 Å². The molecule has 0 unspecified atom stereocenters. The van der Waals surface area contributed by atoms with Gasteiger partial charge in [-0.15, -0.1) is 0 Å². The van der Waals surface area contributed by atoms with Crippen molar-refractivity contribution in [3.05, 3.63) is 80.7 Å². The van der Waals surface area contributed by atoms with Gasteiger partial charge in [0.1, 0.15) is 5.75 Å². The average molecular weight is 474 g/mol. The van der Waals surface area contributed by atoms with E-state index in [0.717, 1.165) is 14.8 Å². The summed E-state index contributed by atoms with van der Waals surface area (Å²) in [4.78, 5) is 24.0. The first-order valence-corrected chi connectivity index (χ1v) is 9.03. The quantitative estimate of drug-likeness (QED) is 0.195. The maximum Gasteiger partial charge on any atom is 0.344 e. The third kappa shape index (κ3) is 5.00. The zero-order chi connectivity index (χ0) is 19.2. The molecule has 2 aromatic carbocycles. The van der Waals surface area contributed by atoms with Gasteiger partial charge in [-0.25, -0.2) is 10.2 Å². The van der Waals surface area contributed by atoms with Crippen LogP contribution < -0.4 is 10.2 Å². The molecule has 0 saturated heterocycles.